The largest absolute Gasteiger partial charge is 0.477 e. The number of rotatable bonds is 9. The van der Waals surface area contributed by atoms with Gasteiger partial charge < -0.3 is 21.1 Å². The van der Waals surface area contributed by atoms with Gasteiger partial charge in [0.1, 0.15) is 5.69 Å². The first-order valence-corrected chi connectivity index (χ1v) is 11.3. The number of aromatic amines is 1. The van der Waals surface area contributed by atoms with Crippen molar-refractivity contribution in [2.24, 2.45) is 5.73 Å². The SMILES string of the molecule is CSCCC(N)C(=O)NCc1ccc2c(Sc3ccccc3)c(C(=O)O)[nH]c2c1. The van der Waals surface area contributed by atoms with E-state index in [9.17, 15) is 14.7 Å². The molecule has 1 heterocycles. The Kier molecular flexibility index (Phi) is 7.24. The molecule has 1 amide bonds. The fraction of sp³-hybridized carbons (Fsp3) is 0.238. The summed E-state index contributed by atoms with van der Waals surface area (Å²) in [7, 11) is 0. The van der Waals surface area contributed by atoms with Gasteiger partial charge in [0, 0.05) is 22.3 Å². The Morgan fingerprint density at radius 1 is 1.21 bits per heavy atom. The maximum absolute atomic E-state index is 12.1. The third-order valence-electron chi connectivity index (χ3n) is 4.43. The van der Waals surface area contributed by atoms with Gasteiger partial charge in [-0.3, -0.25) is 4.79 Å². The second-order valence-corrected chi connectivity index (χ2v) is 8.60. The molecule has 0 saturated carbocycles. The normalized spacial score (nSPS) is 12.1. The van der Waals surface area contributed by atoms with Crippen LogP contribution in [0.15, 0.2) is 58.3 Å². The zero-order chi connectivity index (χ0) is 20.8. The third kappa shape index (κ3) is 5.35. The van der Waals surface area contributed by atoms with E-state index in [1.165, 1.54) is 11.8 Å². The number of benzene rings is 2. The number of hydrogen-bond donors (Lipinski definition) is 4. The molecule has 3 aromatic rings. The molecule has 0 fully saturated rings. The molecule has 0 radical (unpaired) electrons. The number of carboxylic acid groups (broad SMARTS) is 1. The zero-order valence-corrected chi connectivity index (χ0v) is 17.6. The molecule has 0 aliphatic heterocycles. The van der Waals surface area contributed by atoms with Crippen molar-refractivity contribution < 1.29 is 14.7 Å². The molecule has 0 aliphatic rings. The Balaban J connectivity index is 1.79. The summed E-state index contributed by atoms with van der Waals surface area (Å²) in [6, 6.07) is 14.8. The molecule has 1 aromatic heterocycles. The van der Waals surface area contributed by atoms with Crippen molar-refractivity contribution in [2.45, 2.75) is 28.8 Å². The van der Waals surface area contributed by atoms with Crippen molar-refractivity contribution in [3.05, 3.63) is 59.8 Å². The lowest BCUT2D eigenvalue weighted by Crippen LogP contribution is -2.40. The van der Waals surface area contributed by atoms with E-state index in [0.29, 0.717) is 17.9 Å². The molecule has 152 valence electrons. The minimum Gasteiger partial charge on any atom is -0.477 e. The zero-order valence-electron chi connectivity index (χ0n) is 16.0. The second kappa shape index (κ2) is 9.87. The molecule has 3 rings (SSSR count). The maximum atomic E-state index is 12.1. The average Bonchev–Trinajstić information content (AvgIpc) is 3.09. The Morgan fingerprint density at radius 2 is 1.97 bits per heavy atom. The Bertz CT molecular complexity index is 1010. The van der Waals surface area contributed by atoms with Crippen LogP contribution in [0.3, 0.4) is 0 Å². The van der Waals surface area contributed by atoms with Gasteiger partial charge in [-0.2, -0.15) is 11.8 Å². The number of carboxylic acids is 1. The first-order chi connectivity index (χ1) is 14.0. The number of nitrogens with one attached hydrogen (secondary N) is 2. The second-order valence-electron chi connectivity index (χ2n) is 6.54. The van der Waals surface area contributed by atoms with Crippen LogP contribution in [0, 0.1) is 0 Å². The lowest BCUT2D eigenvalue weighted by atomic mass is 10.1. The van der Waals surface area contributed by atoms with Crippen molar-refractivity contribution in [3.8, 4) is 0 Å². The molecule has 6 nitrogen and oxygen atoms in total. The van der Waals surface area contributed by atoms with Crippen LogP contribution in [0.2, 0.25) is 0 Å². The Morgan fingerprint density at radius 3 is 2.66 bits per heavy atom. The van der Waals surface area contributed by atoms with Crippen LogP contribution >= 0.6 is 23.5 Å². The predicted molar refractivity (Wildman–Crippen MR) is 119 cm³/mol. The Hall–Kier alpha value is -2.42. The Labute approximate surface area is 177 Å². The van der Waals surface area contributed by atoms with E-state index >= 15 is 0 Å². The monoisotopic (exact) mass is 429 g/mol. The first-order valence-electron chi connectivity index (χ1n) is 9.12. The molecule has 0 aliphatic carbocycles. The number of carbonyl (C=O) groups is 2. The van der Waals surface area contributed by atoms with E-state index in [1.807, 2.05) is 54.8 Å². The van der Waals surface area contributed by atoms with Gasteiger partial charge in [-0.25, -0.2) is 4.79 Å². The van der Waals surface area contributed by atoms with E-state index in [-0.39, 0.29) is 11.6 Å². The lowest BCUT2D eigenvalue weighted by Gasteiger charge is -2.11. The summed E-state index contributed by atoms with van der Waals surface area (Å²) in [6.07, 6.45) is 2.61. The molecule has 0 bridgehead atoms. The molecule has 0 saturated heterocycles. The number of aromatic carboxylic acids is 1. The van der Waals surface area contributed by atoms with Crippen molar-refractivity contribution in [2.75, 3.05) is 12.0 Å². The fourth-order valence-electron chi connectivity index (χ4n) is 2.89. The van der Waals surface area contributed by atoms with Gasteiger partial charge in [0.25, 0.3) is 0 Å². The van der Waals surface area contributed by atoms with E-state index < -0.39 is 12.0 Å². The van der Waals surface area contributed by atoms with Crippen LogP contribution in [0.1, 0.15) is 22.5 Å². The van der Waals surface area contributed by atoms with Gasteiger partial charge in [-0.15, -0.1) is 0 Å². The van der Waals surface area contributed by atoms with Crippen LogP contribution < -0.4 is 11.1 Å². The van der Waals surface area contributed by atoms with Crippen LogP contribution in [0.5, 0.6) is 0 Å². The number of carbonyl (C=O) groups excluding carboxylic acids is 1. The molecular formula is C21H23N3O3S2. The summed E-state index contributed by atoms with van der Waals surface area (Å²) in [6.45, 7) is 0.338. The highest BCUT2D eigenvalue weighted by Crippen LogP contribution is 2.37. The average molecular weight is 430 g/mol. The highest BCUT2D eigenvalue weighted by atomic mass is 32.2. The number of H-pyrrole nitrogens is 1. The molecular weight excluding hydrogens is 406 g/mol. The quantitative estimate of drug-likeness (QED) is 0.413. The van der Waals surface area contributed by atoms with Crippen molar-refractivity contribution in [3.63, 3.8) is 0 Å². The lowest BCUT2D eigenvalue weighted by molar-refractivity contribution is -0.122. The van der Waals surface area contributed by atoms with E-state index in [0.717, 1.165) is 27.1 Å². The summed E-state index contributed by atoms with van der Waals surface area (Å²) >= 11 is 3.07. The molecule has 2 aromatic carbocycles. The number of hydrogen-bond acceptors (Lipinski definition) is 5. The van der Waals surface area contributed by atoms with Gasteiger partial charge in [-0.05, 0) is 42.2 Å². The smallest absolute Gasteiger partial charge is 0.353 e. The number of aromatic nitrogens is 1. The van der Waals surface area contributed by atoms with E-state index in [1.54, 1.807) is 11.8 Å². The summed E-state index contributed by atoms with van der Waals surface area (Å²) in [5.74, 6) is -0.352. The minimum absolute atomic E-state index is 0.161. The maximum Gasteiger partial charge on any atom is 0.353 e. The molecule has 5 N–H and O–H groups in total. The van der Waals surface area contributed by atoms with Crippen LogP contribution in [0.25, 0.3) is 10.9 Å². The minimum atomic E-state index is -1.01. The highest BCUT2D eigenvalue weighted by Gasteiger charge is 2.19. The summed E-state index contributed by atoms with van der Waals surface area (Å²) < 4.78 is 0. The number of nitrogens with two attached hydrogens (primary N) is 1. The van der Waals surface area contributed by atoms with Crippen molar-refractivity contribution in [1.82, 2.24) is 10.3 Å². The van der Waals surface area contributed by atoms with Crippen LogP contribution in [-0.4, -0.2) is 40.0 Å². The van der Waals surface area contributed by atoms with E-state index in [2.05, 4.69) is 10.3 Å². The predicted octanol–water partition coefficient (Wildman–Crippen LogP) is 3.71. The fourth-order valence-corrected chi connectivity index (χ4v) is 4.43. The molecule has 8 heteroatoms. The van der Waals surface area contributed by atoms with Crippen molar-refractivity contribution in [1.29, 1.82) is 0 Å². The van der Waals surface area contributed by atoms with Gasteiger partial charge in [0.2, 0.25) is 5.91 Å². The van der Waals surface area contributed by atoms with Gasteiger partial charge in [-0.1, -0.05) is 42.1 Å². The topological polar surface area (TPSA) is 108 Å². The van der Waals surface area contributed by atoms with Gasteiger partial charge in [0.15, 0.2) is 0 Å². The molecule has 0 spiro atoms. The molecule has 29 heavy (non-hydrogen) atoms. The van der Waals surface area contributed by atoms with Crippen molar-refractivity contribution >= 4 is 46.3 Å². The molecule has 1 unspecified atom stereocenters. The van der Waals surface area contributed by atoms with Gasteiger partial charge in [0.05, 0.1) is 10.9 Å². The molecule has 1 atom stereocenters. The summed E-state index contributed by atoms with van der Waals surface area (Å²) in [5, 5.41) is 13.3. The number of fused-ring (bicyclic) bond motifs is 1. The number of thioether (sulfide) groups is 1. The van der Waals surface area contributed by atoms with Crippen LogP contribution in [0.4, 0.5) is 0 Å². The van der Waals surface area contributed by atoms with Gasteiger partial charge >= 0.3 is 5.97 Å². The highest BCUT2D eigenvalue weighted by molar-refractivity contribution is 7.99. The van der Waals surface area contributed by atoms with E-state index in [4.69, 9.17) is 5.73 Å². The summed E-state index contributed by atoms with van der Waals surface area (Å²) in [5.41, 5.74) is 7.64. The standard InChI is InChI=1S/C21H23N3O3S2/c1-28-10-9-16(22)20(25)23-12-13-7-8-15-17(11-13)24-18(21(26)27)19(15)29-14-5-3-2-4-6-14/h2-8,11,16,24H,9-10,12,22H2,1H3,(H,23,25)(H,26,27). The summed E-state index contributed by atoms with van der Waals surface area (Å²) in [4.78, 5) is 28.5. The third-order valence-corrected chi connectivity index (χ3v) is 6.21. The number of amides is 1. The van der Waals surface area contributed by atoms with Crippen LogP contribution in [-0.2, 0) is 11.3 Å². The first kappa shape index (κ1) is 21.3.